The Balaban J connectivity index is 2.22. The zero-order valence-electron chi connectivity index (χ0n) is 12.5. The maximum atomic E-state index is 8.96. The van der Waals surface area contributed by atoms with Crippen molar-refractivity contribution >= 4 is 0 Å². The minimum absolute atomic E-state index is 0.323. The quantitative estimate of drug-likeness (QED) is 0.733. The first-order valence-electron chi connectivity index (χ1n) is 6.94. The molecule has 0 aliphatic carbocycles. The standard InChI is InChI=1S/C15H25N3O/c1-12(2)19-8-6-5-7-17-11-14-9-15(10-16)18(4)13(14)3/h9,12,17H,5-8,11H2,1-4H3. The Labute approximate surface area is 116 Å². The molecule has 0 radical (unpaired) electrons. The van der Waals surface area contributed by atoms with Gasteiger partial charge in [0.25, 0.3) is 0 Å². The van der Waals surface area contributed by atoms with Crippen LogP contribution in [0.4, 0.5) is 0 Å². The second-order valence-corrected chi connectivity index (χ2v) is 5.11. The topological polar surface area (TPSA) is 50.0 Å². The summed E-state index contributed by atoms with van der Waals surface area (Å²) in [7, 11) is 1.93. The smallest absolute Gasteiger partial charge is 0.120 e. The lowest BCUT2D eigenvalue weighted by Crippen LogP contribution is -2.16. The van der Waals surface area contributed by atoms with Crippen LogP contribution >= 0.6 is 0 Å². The van der Waals surface area contributed by atoms with Gasteiger partial charge in [-0.3, -0.25) is 0 Å². The Morgan fingerprint density at radius 3 is 2.74 bits per heavy atom. The van der Waals surface area contributed by atoms with Gasteiger partial charge < -0.3 is 14.6 Å². The van der Waals surface area contributed by atoms with Gasteiger partial charge in [0, 0.05) is 25.9 Å². The molecule has 4 heteroatoms. The molecule has 1 rings (SSSR count). The highest BCUT2D eigenvalue weighted by Gasteiger charge is 2.07. The molecule has 0 fully saturated rings. The van der Waals surface area contributed by atoms with Crippen molar-refractivity contribution in [2.45, 2.75) is 46.3 Å². The molecule has 0 aromatic carbocycles. The summed E-state index contributed by atoms with van der Waals surface area (Å²) in [5.74, 6) is 0. The van der Waals surface area contributed by atoms with Crippen LogP contribution in [0.2, 0.25) is 0 Å². The molecule has 106 valence electrons. The average Bonchev–Trinajstić information content (AvgIpc) is 2.65. The molecule has 0 unspecified atom stereocenters. The van der Waals surface area contributed by atoms with Crippen LogP contribution in [-0.4, -0.2) is 23.8 Å². The van der Waals surface area contributed by atoms with E-state index in [-0.39, 0.29) is 0 Å². The fourth-order valence-electron chi connectivity index (χ4n) is 1.94. The van der Waals surface area contributed by atoms with Gasteiger partial charge in [-0.1, -0.05) is 0 Å². The fraction of sp³-hybridized carbons (Fsp3) is 0.667. The van der Waals surface area contributed by atoms with Gasteiger partial charge in [0.2, 0.25) is 0 Å². The van der Waals surface area contributed by atoms with Crippen molar-refractivity contribution in [3.05, 3.63) is 23.0 Å². The minimum atomic E-state index is 0.323. The van der Waals surface area contributed by atoms with Crippen molar-refractivity contribution in [1.29, 1.82) is 5.26 Å². The van der Waals surface area contributed by atoms with Crippen LogP contribution < -0.4 is 5.32 Å². The molecule has 1 heterocycles. The van der Waals surface area contributed by atoms with E-state index in [0.29, 0.717) is 6.10 Å². The predicted octanol–water partition coefficient (Wildman–Crippen LogP) is 2.50. The Morgan fingerprint density at radius 2 is 2.16 bits per heavy atom. The third kappa shape index (κ3) is 5.06. The molecule has 1 aromatic heterocycles. The highest BCUT2D eigenvalue weighted by molar-refractivity contribution is 5.33. The molecule has 0 amide bonds. The van der Waals surface area contributed by atoms with E-state index in [1.54, 1.807) is 0 Å². The van der Waals surface area contributed by atoms with Gasteiger partial charge >= 0.3 is 0 Å². The molecule has 0 saturated carbocycles. The molecule has 0 aliphatic heterocycles. The number of nitrogens with zero attached hydrogens (tertiary/aromatic N) is 2. The van der Waals surface area contributed by atoms with Gasteiger partial charge in [0.1, 0.15) is 11.8 Å². The van der Waals surface area contributed by atoms with Crippen LogP contribution in [0.5, 0.6) is 0 Å². The molecule has 1 aromatic rings. The van der Waals surface area contributed by atoms with E-state index in [9.17, 15) is 0 Å². The van der Waals surface area contributed by atoms with Crippen molar-refractivity contribution < 1.29 is 4.74 Å². The second kappa shape index (κ2) is 7.98. The first kappa shape index (κ1) is 15.7. The van der Waals surface area contributed by atoms with E-state index >= 15 is 0 Å². The largest absolute Gasteiger partial charge is 0.379 e. The Hall–Kier alpha value is -1.31. The molecule has 0 aliphatic rings. The number of hydrogen-bond donors (Lipinski definition) is 1. The lowest BCUT2D eigenvalue weighted by molar-refractivity contribution is 0.0760. The molecule has 0 atom stereocenters. The van der Waals surface area contributed by atoms with Crippen LogP contribution in [0, 0.1) is 18.3 Å². The third-order valence-electron chi connectivity index (χ3n) is 3.27. The molecule has 0 bridgehead atoms. The fourth-order valence-corrected chi connectivity index (χ4v) is 1.94. The van der Waals surface area contributed by atoms with Gasteiger partial charge in [-0.15, -0.1) is 0 Å². The first-order valence-corrected chi connectivity index (χ1v) is 6.94. The lowest BCUT2D eigenvalue weighted by atomic mass is 10.2. The van der Waals surface area contributed by atoms with Crippen LogP contribution in [-0.2, 0) is 18.3 Å². The van der Waals surface area contributed by atoms with E-state index in [1.807, 2.05) is 24.6 Å². The molecule has 0 spiro atoms. The first-order chi connectivity index (χ1) is 9.06. The van der Waals surface area contributed by atoms with Crippen molar-refractivity contribution in [3.63, 3.8) is 0 Å². The monoisotopic (exact) mass is 263 g/mol. The highest BCUT2D eigenvalue weighted by Crippen LogP contribution is 2.12. The number of unbranched alkanes of at least 4 members (excludes halogenated alkanes) is 1. The van der Waals surface area contributed by atoms with Crippen LogP contribution in [0.15, 0.2) is 6.07 Å². The van der Waals surface area contributed by atoms with Crippen molar-refractivity contribution in [2.24, 2.45) is 7.05 Å². The van der Waals surface area contributed by atoms with E-state index in [4.69, 9.17) is 10.00 Å². The number of aromatic nitrogens is 1. The van der Waals surface area contributed by atoms with E-state index in [1.165, 1.54) is 5.56 Å². The molecular formula is C15H25N3O. The summed E-state index contributed by atoms with van der Waals surface area (Å²) < 4.78 is 7.43. The molecule has 4 nitrogen and oxygen atoms in total. The summed E-state index contributed by atoms with van der Waals surface area (Å²) in [5.41, 5.74) is 3.09. The van der Waals surface area contributed by atoms with Crippen molar-refractivity contribution in [1.82, 2.24) is 9.88 Å². The van der Waals surface area contributed by atoms with E-state index in [2.05, 4.69) is 25.2 Å². The summed E-state index contributed by atoms with van der Waals surface area (Å²) in [6.45, 7) is 8.81. The maximum Gasteiger partial charge on any atom is 0.120 e. The van der Waals surface area contributed by atoms with Crippen molar-refractivity contribution in [3.8, 4) is 6.07 Å². The SMILES string of the molecule is Cc1c(CNCCCCOC(C)C)cc(C#N)n1C. The van der Waals surface area contributed by atoms with Gasteiger partial charge in [0.05, 0.1) is 6.10 Å². The van der Waals surface area contributed by atoms with Gasteiger partial charge in [-0.25, -0.2) is 0 Å². The zero-order chi connectivity index (χ0) is 14.3. The Morgan fingerprint density at radius 1 is 1.42 bits per heavy atom. The number of hydrogen-bond acceptors (Lipinski definition) is 3. The van der Waals surface area contributed by atoms with E-state index in [0.717, 1.165) is 43.9 Å². The van der Waals surface area contributed by atoms with E-state index < -0.39 is 0 Å². The maximum absolute atomic E-state index is 8.96. The molecule has 1 N–H and O–H groups in total. The van der Waals surface area contributed by atoms with Gasteiger partial charge in [-0.05, 0) is 51.8 Å². The summed E-state index contributed by atoms with van der Waals surface area (Å²) in [5, 5.41) is 12.4. The normalized spacial score (nSPS) is 10.9. The summed E-state index contributed by atoms with van der Waals surface area (Å²) in [4.78, 5) is 0. The van der Waals surface area contributed by atoms with Gasteiger partial charge in [0.15, 0.2) is 0 Å². The number of rotatable bonds is 8. The zero-order valence-corrected chi connectivity index (χ0v) is 12.5. The molecular weight excluding hydrogens is 238 g/mol. The van der Waals surface area contributed by atoms with Crippen LogP contribution in [0.1, 0.15) is 43.6 Å². The Kier molecular flexibility index (Phi) is 6.61. The number of ether oxygens (including phenoxy) is 1. The predicted molar refractivity (Wildman–Crippen MR) is 76.9 cm³/mol. The molecule has 19 heavy (non-hydrogen) atoms. The summed E-state index contributed by atoms with van der Waals surface area (Å²) in [6, 6.07) is 4.17. The Bertz CT molecular complexity index is 429. The summed E-state index contributed by atoms with van der Waals surface area (Å²) >= 11 is 0. The summed E-state index contributed by atoms with van der Waals surface area (Å²) in [6.07, 6.45) is 2.52. The van der Waals surface area contributed by atoms with Crippen LogP contribution in [0.3, 0.4) is 0 Å². The highest BCUT2D eigenvalue weighted by atomic mass is 16.5. The minimum Gasteiger partial charge on any atom is -0.379 e. The van der Waals surface area contributed by atoms with Crippen molar-refractivity contribution in [2.75, 3.05) is 13.2 Å². The average molecular weight is 263 g/mol. The molecule has 0 saturated heterocycles. The second-order valence-electron chi connectivity index (χ2n) is 5.11. The number of nitrogens with one attached hydrogen (secondary N) is 1. The lowest BCUT2D eigenvalue weighted by Gasteiger charge is -2.08. The third-order valence-corrected chi connectivity index (χ3v) is 3.27. The van der Waals surface area contributed by atoms with Gasteiger partial charge in [-0.2, -0.15) is 5.26 Å². The number of nitriles is 1. The van der Waals surface area contributed by atoms with Crippen LogP contribution in [0.25, 0.3) is 0 Å².